The molecule has 2 amide bonds. The summed E-state index contributed by atoms with van der Waals surface area (Å²) < 4.78 is 16.7. The SMILES string of the molecule is CNC(=O)OC1CCC(C(=O)N(CC2CCC(c3ccc(OC)c(C)c3)CC2)c2cc(-c3coc(C4CC4)n3)ccn2)CC1. The van der Waals surface area contributed by atoms with Gasteiger partial charge >= 0.3 is 6.09 Å². The van der Waals surface area contributed by atoms with Gasteiger partial charge in [-0.1, -0.05) is 12.1 Å². The molecular weight excluding hydrogens is 556 g/mol. The van der Waals surface area contributed by atoms with Crippen molar-refractivity contribution < 1.29 is 23.5 Å². The lowest BCUT2D eigenvalue weighted by molar-refractivity contribution is -0.124. The Morgan fingerprint density at radius 2 is 1.73 bits per heavy atom. The summed E-state index contributed by atoms with van der Waals surface area (Å²) in [5.41, 5.74) is 4.23. The zero-order chi connectivity index (χ0) is 30.6. The zero-order valence-corrected chi connectivity index (χ0v) is 26.1. The Bertz CT molecular complexity index is 1450. The summed E-state index contributed by atoms with van der Waals surface area (Å²) >= 11 is 0. The van der Waals surface area contributed by atoms with Crippen LogP contribution in [0, 0.1) is 18.8 Å². The van der Waals surface area contributed by atoms with E-state index in [-0.39, 0.29) is 17.9 Å². The van der Waals surface area contributed by atoms with Crippen LogP contribution in [0.25, 0.3) is 11.3 Å². The number of aromatic nitrogens is 2. The summed E-state index contributed by atoms with van der Waals surface area (Å²) in [5.74, 6) is 3.71. The number of oxazole rings is 1. The minimum absolute atomic E-state index is 0.111. The molecule has 0 saturated heterocycles. The monoisotopic (exact) mass is 600 g/mol. The molecule has 3 aliphatic carbocycles. The van der Waals surface area contributed by atoms with Crippen LogP contribution in [0.2, 0.25) is 0 Å². The van der Waals surface area contributed by atoms with Gasteiger partial charge in [-0.2, -0.15) is 0 Å². The number of carbonyl (C=O) groups is 2. The Kier molecular flexibility index (Phi) is 9.19. The molecule has 3 aliphatic rings. The fourth-order valence-electron chi connectivity index (χ4n) is 6.91. The number of carbonyl (C=O) groups excluding carboxylic acids is 2. The summed E-state index contributed by atoms with van der Waals surface area (Å²) in [5, 5.41) is 2.52. The van der Waals surface area contributed by atoms with Crippen LogP contribution in [-0.2, 0) is 9.53 Å². The van der Waals surface area contributed by atoms with E-state index in [2.05, 4.69) is 30.4 Å². The van der Waals surface area contributed by atoms with Crippen LogP contribution in [-0.4, -0.2) is 48.8 Å². The number of hydrogen-bond acceptors (Lipinski definition) is 7. The highest BCUT2D eigenvalue weighted by molar-refractivity contribution is 5.94. The van der Waals surface area contributed by atoms with Crippen molar-refractivity contribution in [3.05, 3.63) is 59.8 Å². The normalized spacial score (nSPS) is 23.5. The first-order chi connectivity index (χ1) is 21.4. The zero-order valence-electron chi connectivity index (χ0n) is 26.1. The van der Waals surface area contributed by atoms with Gasteiger partial charge in [0.2, 0.25) is 5.91 Å². The summed E-state index contributed by atoms with van der Waals surface area (Å²) in [6.45, 7) is 2.74. The van der Waals surface area contributed by atoms with Crippen molar-refractivity contribution in [1.82, 2.24) is 15.3 Å². The van der Waals surface area contributed by atoms with Gasteiger partial charge in [0, 0.05) is 37.2 Å². The van der Waals surface area contributed by atoms with Gasteiger partial charge < -0.3 is 19.2 Å². The standard InChI is InChI=1S/C35H44N4O5/c1-22-18-27(12-15-31(22)42-3)24-6-4-23(5-7-24)20-39(34(40)26-10-13-29(14-11-26)44-35(41)36-2)32-19-28(16-17-37-32)30-21-43-33(38-30)25-8-9-25/h12,15-19,21,23-26,29H,4-11,13-14,20H2,1-3H3,(H,36,41). The first kappa shape index (κ1) is 30.2. The largest absolute Gasteiger partial charge is 0.496 e. The predicted molar refractivity (Wildman–Crippen MR) is 168 cm³/mol. The minimum Gasteiger partial charge on any atom is -0.496 e. The average Bonchev–Trinajstić information content (AvgIpc) is 3.79. The molecule has 3 aromatic rings. The van der Waals surface area contributed by atoms with Crippen molar-refractivity contribution in [2.45, 2.75) is 89.1 Å². The minimum atomic E-state index is -0.416. The van der Waals surface area contributed by atoms with Gasteiger partial charge in [-0.3, -0.25) is 9.69 Å². The average molecular weight is 601 g/mol. The Labute approximate surface area is 259 Å². The van der Waals surface area contributed by atoms with Crippen molar-refractivity contribution in [3.8, 4) is 17.0 Å². The second kappa shape index (κ2) is 13.4. The first-order valence-corrected chi connectivity index (χ1v) is 16.2. The molecule has 9 heteroatoms. The van der Waals surface area contributed by atoms with E-state index in [1.807, 2.05) is 17.0 Å². The highest BCUT2D eigenvalue weighted by atomic mass is 16.6. The molecule has 0 aliphatic heterocycles. The van der Waals surface area contributed by atoms with Gasteiger partial charge in [0.1, 0.15) is 29.6 Å². The molecule has 9 nitrogen and oxygen atoms in total. The first-order valence-electron chi connectivity index (χ1n) is 16.2. The summed E-state index contributed by atoms with van der Waals surface area (Å²) in [4.78, 5) is 37.3. The molecule has 3 saturated carbocycles. The second-order valence-corrected chi connectivity index (χ2v) is 12.8. The molecule has 6 rings (SSSR count). The molecule has 1 aromatic carbocycles. The van der Waals surface area contributed by atoms with Crippen LogP contribution in [0.5, 0.6) is 5.75 Å². The molecule has 0 bridgehead atoms. The molecule has 2 heterocycles. The summed E-state index contributed by atoms with van der Waals surface area (Å²) in [7, 11) is 3.28. The summed E-state index contributed by atoms with van der Waals surface area (Å²) in [6.07, 6.45) is 12.2. The van der Waals surface area contributed by atoms with Gasteiger partial charge in [0.15, 0.2) is 5.89 Å². The maximum Gasteiger partial charge on any atom is 0.407 e. The maximum absolute atomic E-state index is 14.2. The van der Waals surface area contributed by atoms with Crippen LogP contribution in [0.1, 0.15) is 93.1 Å². The molecular formula is C35H44N4O5. The number of ether oxygens (including phenoxy) is 2. The Hall–Kier alpha value is -3.88. The van der Waals surface area contributed by atoms with Gasteiger partial charge in [-0.15, -0.1) is 0 Å². The number of nitrogens with zero attached hydrogens (tertiary/aromatic N) is 3. The molecule has 0 unspecified atom stereocenters. The fourth-order valence-corrected chi connectivity index (χ4v) is 6.91. The third-order valence-corrected chi connectivity index (χ3v) is 9.71. The number of methoxy groups -OCH3 is 1. The van der Waals surface area contributed by atoms with E-state index in [0.29, 0.717) is 55.8 Å². The molecule has 234 valence electrons. The van der Waals surface area contributed by atoms with E-state index in [1.165, 1.54) is 11.1 Å². The lowest BCUT2D eigenvalue weighted by atomic mass is 9.78. The van der Waals surface area contributed by atoms with Crippen LogP contribution in [0.3, 0.4) is 0 Å². The number of alkyl carbamates (subject to hydrolysis) is 1. The highest BCUT2D eigenvalue weighted by Crippen LogP contribution is 2.41. The molecule has 2 aromatic heterocycles. The smallest absolute Gasteiger partial charge is 0.407 e. The number of anilines is 1. The lowest BCUT2D eigenvalue weighted by Crippen LogP contribution is -2.42. The quantitative estimate of drug-likeness (QED) is 0.278. The van der Waals surface area contributed by atoms with Gasteiger partial charge in [-0.05, 0) is 112 Å². The molecule has 1 N–H and O–H groups in total. The van der Waals surface area contributed by atoms with E-state index in [0.717, 1.165) is 61.4 Å². The van der Waals surface area contributed by atoms with E-state index < -0.39 is 6.09 Å². The van der Waals surface area contributed by atoms with E-state index in [4.69, 9.17) is 23.9 Å². The molecule has 0 spiro atoms. The topological polar surface area (TPSA) is 107 Å². The van der Waals surface area contributed by atoms with E-state index in [1.54, 1.807) is 26.6 Å². The van der Waals surface area contributed by atoms with E-state index in [9.17, 15) is 9.59 Å². The second-order valence-electron chi connectivity index (χ2n) is 12.8. The number of hydrogen-bond donors (Lipinski definition) is 1. The molecule has 3 fully saturated rings. The third-order valence-electron chi connectivity index (χ3n) is 9.71. The number of benzene rings is 1. The van der Waals surface area contributed by atoms with Crippen LogP contribution < -0.4 is 15.0 Å². The third kappa shape index (κ3) is 6.92. The number of aryl methyl sites for hydroxylation is 1. The molecule has 0 radical (unpaired) electrons. The summed E-state index contributed by atoms with van der Waals surface area (Å²) in [6, 6.07) is 10.5. The number of nitrogens with one attached hydrogen (secondary N) is 1. The van der Waals surface area contributed by atoms with Crippen molar-refractivity contribution in [1.29, 1.82) is 0 Å². The van der Waals surface area contributed by atoms with Crippen LogP contribution >= 0.6 is 0 Å². The van der Waals surface area contributed by atoms with Gasteiger partial charge in [0.25, 0.3) is 0 Å². The molecule has 44 heavy (non-hydrogen) atoms. The molecule has 0 atom stereocenters. The lowest BCUT2D eigenvalue weighted by Gasteiger charge is -2.35. The Morgan fingerprint density at radius 3 is 2.41 bits per heavy atom. The van der Waals surface area contributed by atoms with Crippen molar-refractivity contribution in [3.63, 3.8) is 0 Å². The Morgan fingerprint density at radius 1 is 0.977 bits per heavy atom. The predicted octanol–water partition coefficient (Wildman–Crippen LogP) is 7.15. The number of pyridine rings is 1. The number of amides is 2. The Balaban J connectivity index is 1.17. The van der Waals surface area contributed by atoms with Gasteiger partial charge in [0.05, 0.1) is 7.11 Å². The maximum atomic E-state index is 14.2. The van der Waals surface area contributed by atoms with Crippen molar-refractivity contribution in [2.24, 2.45) is 11.8 Å². The van der Waals surface area contributed by atoms with Crippen molar-refractivity contribution >= 4 is 17.8 Å². The van der Waals surface area contributed by atoms with Crippen molar-refractivity contribution in [2.75, 3.05) is 25.6 Å². The highest BCUT2D eigenvalue weighted by Gasteiger charge is 2.34. The van der Waals surface area contributed by atoms with Crippen LogP contribution in [0.15, 0.2) is 47.2 Å². The van der Waals surface area contributed by atoms with Crippen LogP contribution in [0.4, 0.5) is 10.6 Å². The fraction of sp³-hybridized carbons (Fsp3) is 0.543. The van der Waals surface area contributed by atoms with Gasteiger partial charge in [-0.25, -0.2) is 14.8 Å². The number of rotatable bonds is 9. The van der Waals surface area contributed by atoms with E-state index >= 15 is 0 Å².